The molecule has 0 unspecified atom stereocenters. The molecular weight excluding hydrogens is 281 g/mol. The molecule has 2 aromatic rings. The van der Waals surface area contributed by atoms with Gasteiger partial charge in [-0.1, -0.05) is 6.07 Å². The average molecular weight is 296 g/mol. The molecule has 0 saturated heterocycles. The third kappa shape index (κ3) is 2.73. The highest BCUT2D eigenvalue weighted by molar-refractivity contribution is 6.11. The second-order valence-corrected chi connectivity index (χ2v) is 5.07. The van der Waals surface area contributed by atoms with E-state index in [1.54, 1.807) is 20.8 Å². The molecule has 2 nitrogen and oxygen atoms in total. The van der Waals surface area contributed by atoms with Crippen molar-refractivity contribution >= 4 is 5.78 Å². The molecule has 0 atom stereocenters. The molecule has 2 rings (SSSR count). The summed E-state index contributed by atoms with van der Waals surface area (Å²) in [6.07, 6.45) is -4.41. The van der Waals surface area contributed by atoms with Gasteiger partial charge in [-0.25, -0.2) is 0 Å². The van der Waals surface area contributed by atoms with E-state index < -0.39 is 11.7 Å². The predicted octanol–water partition coefficient (Wildman–Crippen LogP) is 4.76. The van der Waals surface area contributed by atoms with Crippen LogP contribution in [0.5, 0.6) is 0 Å². The fraction of sp³-hybridized carbons (Fsp3) is 0.312. The van der Waals surface area contributed by atoms with Crippen LogP contribution in [-0.2, 0) is 6.18 Å². The first kappa shape index (κ1) is 15.4. The average Bonchev–Trinajstić information content (AvgIpc) is 2.61. The molecule has 0 spiro atoms. The molecule has 0 fully saturated rings. The molecule has 5 heteroatoms. The first-order valence-electron chi connectivity index (χ1n) is 6.42. The van der Waals surface area contributed by atoms with Crippen LogP contribution in [0.4, 0.5) is 13.2 Å². The molecule has 0 bridgehead atoms. The number of halogens is 3. The molecule has 0 aliphatic heterocycles. The summed E-state index contributed by atoms with van der Waals surface area (Å²) in [6, 6.07) is 3.14. The van der Waals surface area contributed by atoms with E-state index in [9.17, 15) is 18.0 Å². The van der Waals surface area contributed by atoms with Crippen molar-refractivity contribution in [3.63, 3.8) is 0 Å². The van der Waals surface area contributed by atoms with E-state index in [0.717, 1.165) is 17.7 Å². The zero-order chi connectivity index (χ0) is 15.9. The van der Waals surface area contributed by atoms with Crippen molar-refractivity contribution in [2.75, 3.05) is 0 Å². The highest BCUT2D eigenvalue weighted by atomic mass is 19.4. The molecule has 0 aliphatic carbocycles. The summed E-state index contributed by atoms with van der Waals surface area (Å²) in [6.45, 7) is 6.68. The number of alkyl halides is 3. The van der Waals surface area contributed by atoms with Crippen LogP contribution in [0.2, 0.25) is 0 Å². The molecule has 1 aromatic heterocycles. The number of hydrogen-bond acceptors (Lipinski definition) is 2. The number of carbonyl (C=O) groups excluding carboxylic acids is 1. The van der Waals surface area contributed by atoms with Gasteiger partial charge in [0.2, 0.25) is 0 Å². The van der Waals surface area contributed by atoms with Crippen LogP contribution in [0.3, 0.4) is 0 Å². The number of aryl methyl sites for hydroxylation is 3. The Morgan fingerprint density at radius 2 is 1.67 bits per heavy atom. The van der Waals surface area contributed by atoms with Crippen LogP contribution in [0, 0.1) is 27.7 Å². The Balaban J connectivity index is 2.50. The Morgan fingerprint density at radius 1 is 1.05 bits per heavy atom. The summed E-state index contributed by atoms with van der Waals surface area (Å²) in [7, 11) is 0. The first-order chi connectivity index (χ1) is 9.62. The minimum Gasteiger partial charge on any atom is -0.466 e. The van der Waals surface area contributed by atoms with Crippen molar-refractivity contribution < 1.29 is 22.4 Å². The van der Waals surface area contributed by atoms with Crippen molar-refractivity contribution in [2.24, 2.45) is 0 Å². The van der Waals surface area contributed by atoms with E-state index in [0.29, 0.717) is 22.6 Å². The summed E-state index contributed by atoms with van der Waals surface area (Å²) in [4.78, 5) is 12.5. The minimum atomic E-state index is -4.41. The lowest BCUT2D eigenvalue weighted by atomic mass is 9.95. The molecule has 0 N–H and O–H groups in total. The zero-order valence-corrected chi connectivity index (χ0v) is 12.2. The van der Waals surface area contributed by atoms with Gasteiger partial charge in [-0.15, -0.1) is 0 Å². The van der Waals surface area contributed by atoms with Gasteiger partial charge in [-0.2, -0.15) is 13.2 Å². The lowest BCUT2D eigenvalue weighted by molar-refractivity contribution is -0.137. The quantitative estimate of drug-likeness (QED) is 0.748. The SMILES string of the molecule is Cc1cc(C(F)(F)F)ccc1C(=O)c1c(C)oc(C)c1C. The highest BCUT2D eigenvalue weighted by Gasteiger charge is 2.31. The number of furan rings is 1. The van der Waals surface area contributed by atoms with Crippen molar-refractivity contribution in [3.05, 3.63) is 57.5 Å². The second-order valence-electron chi connectivity index (χ2n) is 5.07. The molecule has 1 aromatic carbocycles. The standard InChI is InChI=1S/C16H15F3O2/c1-8-7-12(16(17,18)19)5-6-13(8)15(20)14-9(2)10(3)21-11(14)4/h5-7H,1-4H3. The lowest BCUT2D eigenvalue weighted by Gasteiger charge is -2.10. The molecule has 0 saturated carbocycles. The van der Waals surface area contributed by atoms with Crippen molar-refractivity contribution in [1.82, 2.24) is 0 Å². The zero-order valence-electron chi connectivity index (χ0n) is 12.2. The highest BCUT2D eigenvalue weighted by Crippen LogP contribution is 2.31. The van der Waals surface area contributed by atoms with Gasteiger partial charge in [-0.3, -0.25) is 4.79 Å². The van der Waals surface area contributed by atoms with E-state index in [1.165, 1.54) is 13.0 Å². The minimum absolute atomic E-state index is 0.259. The molecular formula is C16H15F3O2. The summed E-state index contributed by atoms with van der Waals surface area (Å²) in [5.41, 5.74) is 0.947. The van der Waals surface area contributed by atoms with E-state index in [1.807, 2.05) is 0 Å². The third-order valence-electron chi connectivity index (χ3n) is 3.59. The van der Waals surface area contributed by atoms with Crippen LogP contribution >= 0.6 is 0 Å². The predicted molar refractivity (Wildman–Crippen MR) is 72.5 cm³/mol. The van der Waals surface area contributed by atoms with Gasteiger partial charge in [0.25, 0.3) is 0 Å². The Kier molecular flexibility index (Phi) is 3.70. The van der Waals surface area contributed by atoms with Gasteiger partial charge in [0.1, 0.15) is 11.5 Å². The van der Waals surface area contributed by atoms with Crippen molar-refractivity contribution in [2.45, 2.75) is 33.9 Å². The second kappa shape index (κ2) is 5.06. The van der Waals surface area contributed by atoms with Gasteiger partial charge >= 0.3 is 6.18 Å². The van der Waals surface area contributed by atoms with Gasteiger partial charge in [0.05, 0.1) is 11.1 Å². The normalized spacial score (nSPS) is 11.8. The Morgan fingerprint density at radius 3 is 2.10 bits per heavy atom. The van der Waals surface area contributed by atoms with Gasteiger partial charge in [0, 0.05) is 11.1 Å². The monoisotopic (exact) mass is 296 g/mol. The smallest absolute Gasteiger partial charge is 0.416 e. The summed E-state index contributed by atoms with van der Waals surface area (Å²) in [5.74, 6) is 0.808. The van der Waals surface area contributed by atoms with Crippen LogP contribution in [0.25, 0.3) is 0 Å². The lowest BCUT2D eigenvalue weighted by Crippen LogP contribution is -2.09. The Bertz CT molecular complexity index is 709. The summed E-state index contributed by atoms with van der Waals surface area (Å²) >= 11 is 0. The van der Waals surface area contributed by atoms with Gasteiger partial charge < -0.3 is 4.42 Å². The van der Waals surface area contributed by atoms with E-state index in [4.69, 9.17) is 4.42 Å². The number of rotatable bonds is 2. The maximum Gasteiger partial charge on any atom is 0.416 e. The molecule has 0 radical (unpaired) electrons. The molecule has 0 amide bonds. The van der Waals surface area contributed by atoms with Crippen LogP contribution < -0.4 is 0 Å². The van der Waals surface area contributed by atoms with Crippen LogP contribution in [0.1, 0.15) is 44.1 Å². The maximum absolute atomic E-state index is 12.7. The number of ketones is 1. The fourth-order valence-electron chi connectivity index (χ4n) is 2.36. The number of carbonyl (C=O) groups is 1. The molecule has 1 heterocycles. The summed E-state index contributed by atoms with van der Waals surface area (Å²) in [5, 5.41) is 0. The number of benzene rings is 1. The maximum atomic E-state index is 12.7. The number of hydrogen-bond donors (Lipinski definition) is 0. The van der Waals surface area contributed by atoms with Crippen LogP contribution in [-0.4, -0.2) is 5.78 Å². The van der Waals surface area contributed by atoms with Crippen molar-refractivity contribution in [1.29, 1.82) is 0 Å². The molecule has 21 heavy (non-hydrogen) atoms. The third-order valence-corrected chi connectivity index (χ3v) is 3.59. The van der Waals surface area contributed by atoms with Gasteiger partial charge in [0.15, 0.2) is 5.78 Å². The van der Waals surface area contributed by atoms with Crippen molar-refractivity contribution in [3.8, 4) is 0 Å². The fourth-order valence-corrected chi connectivity index (χ4v) is 2.36. The van der Waals surface area contributed by atoms with Gasteiger partial charge in [-0.05, 0) is 45.4 Å². The largest absolute Gasteiger partial charge is 0.466 e. The first-order valence-corrected chi connectivity index (χ1v) is 6.42. The van der Waals surface area contributed by atoms with E-state index in [2.05, 4.69) is 0 Å². The summed E-state index contributed by atoms with van der Waals surface area (Å²) < 4.78 is 43.4. The molecule has 0 aliphatic rings. The topological polar surface area (TPSA) is 30.2 Å². The van der Waals surface area contributed by atoms with Crippen LogP contribution in [0.15, 0.2) is 22.6 Å². The van der Waals surface area contributed by atoms with E-state index in [-0.39, 0.29) is 11.3 Å². The molecule has 112 valence electrons. The Hall–Kier alpha value is -2.04. The van der Waals surface area contributed by atoms with E-state index >= 15 is 0 Å². The Labute approximate surface area is 120 Å².